The molecule has 0 atom stereocenters. The molecule has 0 saturated carbocycles. The van der Waals surface area contributed by atoms with Crippen molar-refractivity contribution in [3.05, 3.63) is 24.3 Å². The Hall–Kier alpha value is -1.25. The number of rotatable bonds is 1. The van der Waals surface area contributed by atoms with Crippen LogP contribution in [-0.2, 0) is 0 Å². The number of nitrogens with zero attached hydrogens (tertiary/aromatic N) is 2. The quantitative estimate of drug-likeness (QED) is 0.604. The minimum Gasteiger partial charge on any atom is -0.296 e. The van der Waals surface area contributed by atoms with Crippen molar-refractivity contribution in [2.75, 3.05) is 0 Å². The molecular formula is C9H16N2O. The van der Waals surface area contributed by atoms with Gasteiger partial charge in [-0.05, 0) is 0 Å². The van der Waals surface area contributed by atoms with E-state index < -0.39 is 0 Å². The second-order valence-electron chi connectivity index (χ2n) is 1.25. The molecule has 3 nitrogen and oxygen atoms in total. The van der Waals surface area contributed by atoms with Crippen molar-refractivity contribution < 1.29 is 4.79 Å². The van der Waals surface area contributed by atoms with Gasteiger partial charge in [-0.3, -0.25) is 14.8 Å². The van der Waals surface area contributed by atoms with Crippen LogP contribution in [-0.4, -0.2) is 16.3 Å². The van der Waals surface area contributed by atoms with E-state index in [2.05, 4.69) is 9.97 Å². The van der Waals surface area contributed by atoms with Crippen molar-refractivity contribution in [3.63, 3.8) is 0 Å². The molecule has 0 N–H and O–H groups in total. The molecule has 1 aromatic heterocycles. The first-order valence-corrected chi connectivity index (χ1v) is 4.14. The first-order valence-electron chi connectivity index (χ1n) is 4.14. The maximum atomic E-state index is 9.90. The first-order chi connectivity index (χ1) is 5.93. The van der Waals surface area contributed by atoms with Gasteiger partial charge in [-0.15, -0.1) is 0 Å². The van der Waals surface area contributed by atoms with Crippen LogP contribution in [0.2, 0.25) is 0 Å². The average molecular weight is 168 g/mol. The van der Waals surface area contributed by atoms with E-state index in [0.717, 1.165) is 0 Å². The molecular weight excluding hydrogens is 152 g/mol. The van der Waals surface area contributed by atoms with Crippen LogP contribution in [0, 0.1) is 0 Å². The Kier molecular flexibility index (Phi) is 13.8. The van der Waals surface area contributed by atoms with Crippen LogP contribution < -0.4 is 0 Å². The Balaban J connectivity index is 0. The number of hydrogen-bond acceptors (Lipinski definition) is 3. The molecule has 3 heteroatoms. The van der Waals surface area contributed by atoms with Crippen LogP contribution >= 0.6 is 0 Å². The van der Waals surface area contributed by atoms with Crippen molar-refractivity contribution in [1.29, 1.82) is 0 Å². The predicted molar refractivity (Wildman–Crippen MR) is 50.1 cm³/mol. The third-order valence-electron chi connectivity index (χ3n) is 0.704. The van der Waals surface area contributed by atoms with Crippen LogP contribution in [0.3, 0.4) is 0 Å². The fourth-order valence-corrected chi connectivity index (χ4v) is 0.371. The smallest absolute Gasteiger partial charge is 0.170 e. The highest BCUT2D eigenvalue weighted by Crippen LogP contribution is 1.80. The topological polar surface area (TPSA) is 42.9 Å². The summed E-state index contributed by atoms with van der Waals surface area (Å²) in [6, 6.07) is 0. The first kappa shape index (κ1) is 13.3. The van der Waals surface area contributed by atoms with Gasteiger partial charge in [0.15, 0.2) is 6.29 Å². The van der Waals surface area contributed by atoms with Gasteiger partial charge in [-0.25, -0.2) is 0 Å². The lowest BCUT2D eigenvalue weighted by Crippen LogP contribution is -1.84. The molecule has 0 amide bonds. The van der Waals surface area contributed by atoms with Crippen LogP contribution in [0.25, 0.3) is 0 Å². The van der Waals surface area contributed by atoms with Crippen molar-refractivity contribution in [2.24, 2.45) is 0 Å². The molecule has 0 aliphatic heterocycles. The molecule has 0 aliphatic rings. The lowest BCUT2D eigenvalue weighted by molar-refractivity contribution is 0.111. The van der Waals surface area contributed by atoms with E-state index in [0.29, 0.717) is 12.0 Å². The summed E-state index contributed by atoms with van der Waals surface area (Å²) in [5.74, 6) is 0. The van der Waals surface area contributed by atoms with Gasteiger partial charge in [0.25, 0.3) is 0 Å². The third kappa shape index (κ3) is 6.86. The van der Waals surface area contributed by atoms with Crippen molar-refractivity contribution >= 4 is 6.29 Å². The average Bonchev–Trinajstić information content (AvgIpc) is 2.25. The SMILES string of the molecule is CC.CC.O=Cc1cnccn1. The maximum absolute atomic E-state index is 9.90. The highest BCUT2D eigenvalue weighted by Gasteiger charge is 1.83. The molecule has 0 aromatic carbocycles. The van der Waals surface area contributed by atoms with Crippen LogP contribution in [0.5, 0.6) is 0 Å². The molecule has 68 valence electrons. The zero-order valence-corrected chi connectivity index (χ0v) is 8.11. The predicted octanol–water partition coefficient (Wildman–Crippen LogP) is 2.34. The van der Waals surface area contributed by atoms with Gasteiger partial charge in [0.05, 0.1) is 6.20 Å². The van der Waals surface area contributed by atoms with Crippen LogP contribution in [0.15, 0.2) is 18.6 Å². The summed E-state index contributed by atoms with van der Waals surface area (Å²) in [6.07, 6.45) is 5.07. The summed E-state index contributed by atoms with van der Waals surface area (Å²) in [4.78, 5) is 17.2. The van der Waals surface area contributed by atoms with Gasteiger partial charge < -0.3 is 0 Å². The molecule has 0 spiro atoms. The third-order valence-corrected chi connectivity index (χ3v) is 0.704. The van der Waals surface area contributed by atoms with Crippen molar-refractivity contribution in [2.45, 2.75) is 27.7 Å². The molecule has 1 heterocycles. The van der Waals surface area contributed by atoms with Gasteiger partial charge in [0.2, 0.25) is 0 Å². The normalized spacial score (nSPS) is 6.67. The van der Waals surface area contributed by atoms with E-state index in [-0.39, 0.29) is 0 Å². The Morgan fingerprint density at radius 1 is 1.17 bits per heavy atom. The highest BCUT2D eigenvalue weighted by molar-refractivity contribution is 5.70. The van der Waals surface area contributed by atoms with Gasteiger partial charge in [-0.2, -0.15) is 0 Å². The summed E-state index contributed by atoms with van der Waals surface area (Å²) in [6.45, 7) is 8.00. The Bertz CT molecular complexity index is 175. The minimum absolute atomic E-state index is 0.368. The molecule has 1 rings (SSSR count). The highest BCUT2D eigenvalue weighted by atomic mass is 16.1. The largest absolute Gasteiger partial charge is 0.296 e. The van der Waals surface area contributed by atoms with Crippen molar-refractivity contribution in [3.8, 4) is 0 Å². The Morgan fingerprint density at radius 3 is 2.00 bits per heavy atom. The second kappa shape index (κ2) is 12.4. The van der Waals surface area contributed by atoms with Gasteiger partial charge in [-0.1, -0.05) is 27.7 Å². The van der Waals surface area contributed by atoms with E-state index in [1.54, 1.807) is 0 Å². The van der Waals surface area contributed by atoms with E-state index in [4.69, 9.17) is 0 Å². The van der Waals surface area contributed by atoms with Gasteiger partial charge >= 0.3 is 0 Å². The fraction of sp³-hybridized carbons (Fsp3) is 0.444. The van der Waals surface area contributed by atoms with E-state index in [9.17, 15) is 4.79 Å². The van der Waals surface area contributed by atoms with Crippen LogP contribution in [0.4, 0.5) is 0 Å². The van der Waals surface area contributed by atoms with Crippen LogP contribution in [0.1, 0.15) is 38.2 Å². The number of aromatic nitrogens is 2. The molecule has 0 saturated heterocycles. The van der Waals surface area contributed by atoms with E-state index >= 15 is 0 Å². The zero-order chi connectivity index (χ0) is 9.82. The Morgan fingerprint density at radius 2 is 1.75 bits per heavy atom. The van der Waals surface area contributed by atoms with Gasteiger partial charge in [0.1, 0.15) is 5.69 Å². The van der Waals surface area contributed by atoms with E-state index in [1.165, 1.54) is 18.6 Å². The monoisotopic (exact) mass is 168 g/mol. The molecule has 0 aliphatic carbocycles. The number of aldehydes is 1. The summed E-state index contributed by atoms with van der Waals surface area (Å²) in [5, 5.41) is 0. The second-order valence-corrected chi connectivity index (χ2v) is 1.25. The Labute approximate surface area is 73.9 Å². The lowest BCUT2D eigenvalue weighted by atomic mass is 10.5. The standard InChI is InChI=1S/C5H4N2O.2C2H6/c8-4-5-3-6-1-2-7-5;2*1-2/h1-4H;2*1-2H3. The molecule has 0 radical (unpaired) electrons. The summed E-state index contributed by atoms with van der Waals surface area (Å²) in [7, 11) is 0. The minimum atomic E-state index is 0.368. The number of hydrogen-bond donors (Lipinski definition) is 0. The molecule has 0 fully saturated rings. The fourth-order valence-electron chi connectivity index (χ4n) is 0.371. The number of carbonyl (C=O) groups is 1. The summed E-state index contributed by atoms with van der Waals surface area (Å²) >= 11 is 0. The zero-order valence-electron chi connectivity index (χ0n) is 8.11. The lowest BCUT2D eigenvalue weighted by Gasteiger charge is -1.80. The van der Waals surface area contributed by atoms with E-state index in [1.807, 2.05) is 27.7 Å². The van der Waals surface area contributed by atoms with Crippen molar-refractivity contribution in [1.82, 2.24) is 9.97 Å². The summed E-state index contributed by atoms with van der Waals surface area (Å²) in [5.41, 5.74) is 0.368. The summed E-state index contributed by atoms with van der Waals surface area (Å²) < 4.78 is 0. The molecule has 0 bridgehead atoms. The number of carbonyl (C=O) groups excluding carboxylic acids is 1. The molecule has 1 aromatic rings. The maximum Gasteiger partial charge on any atom is 0.170 e. The van der Waals surface area contributed by atoms with Gasteiger partial charge in [0, 0.05) is 12.4 Å². The molecule has 12 heavy (non-hydrogen) atoms. The molecule has 0 unspecified atom stereocenters.